The lowest BCUT2D eigenvalue weighted by atomic mass is 10.2. The SMILES string of the molecule is Cc1noc(COC(=O)c2cc(I)ccc2N)n1. The van der Waals surface area contributed by atoms with Crippen molar-refractivity contribution in [2.45, 2.75) is 13.5 Å². The third kappa shape index (κ3) is 2.97. The summed E-state index contributed by atoms with van der Waals surface area (Å²) in [4.78, 5) is 15.7. The highest BCUT2D eigenvalue weighted by atomic mass is 127. The maximum Gasteiger partial charge on any atom is 0.340 e. The quantitative estimate of drug-likeness (QED) is 0.512. The molecule has 1 heterocycles. The third-order valence-corrected chi connectivity index (χ3v) is 2.80. The van der Waals surface area contributed by atoms with Crippen LogP contribution in [0.15, 0.2) is 22.7 Å². The van der Waals surface area contributed by atoms with E-state index < -0.39 is 5.97 Å². The first-order valence-electron chi connectivity index (χ1n) is 5.07. The van der Waals surface area contributed by atoms with Gasteiger partial charge in [-0.15, -0.1) is 0 Å². The fourth-order valence-corrected chi connectivity index (χ4v) is 1.80. The molecule has 0 fully saturated rings. The maximum atomic E-state index is 11.8. The molecule has 0 radical (unpaired) electrons. The van der Waals surface area contributed by atoms with Crippen LogP contribution >= 0.6 is 22.6 Å². The van der Waals surface area contributed by atoms with Crippen molar-refractivity contribution < 1.29 is 14.1 Å². The number of aryl methyl sites for hydroxylation is 1. The molecule has 0 aliphatic rings. The maximum absolute atomic E-state index is 11.8. The van der Waals surface area contributed by atoms with Crippen LogP contribution in [-0.2, 0) is 11.3 Å². The van der Waals surface area contributed by atoms with E-state index in [1.54, 1.807) is 19.1 Å². The Morgan fingerprint density at radius 3 is 3.00 bits per heavy atom. The van der Waals surface area contributed by atoms with Gasteiger partial charge in [0.1, 0.15) is 0 Å². The molecule has 2 rings (SSSR count). The molecule has 2 N–H and O–H groups in total. The van der Waals surface area contributed by atoms with Gasteiger partial charge < -0.3 is 15.0 Å². The number of anilines is 1. The van der Waals surface area contributed by atoms with Crippen LogP contribution in [0.3, 0.4) is 0 Å². The molecule has 0 bridgehead atoms. The van der Waals surface area contributed by atoms with Crippen molar-refractivity contribution >= 4 is 34.2 Å². The molecule has 1 aromatic heterocycles. The number of aromatic nitrogens is 2. The summed E-state index contributed by atoms with van der Waals surface area (Å²) in [6, 6.07) is 5.14. The van der Waals surface area contributed by atoms with Crippen LogP contribution in [0.1, 0.15) is 22.1 Å². The molecule has 0 saturated carbocycles. The van der Waals surface area contributed by atoms with Crippen LogP contribution in [0.2, 0.25) is 0 Å². The smallest absolute Gasteiger partial charge is 0.340 e. The number of ether oxygens (including phenoxy) is 1. The summed E-state index contributed by atoms with van der Waals surface area (Å²) < 4.78 is 10.8. The van der Waals surface area contributed by atoms with E-state index in [2.05, 4.69) is 32.7 Å². The van der Waals surface area contributed by atoms with Gasteiger partial charge in [-0.05, 0) is 47.7 Å². The second-order valence-corrected chi connectivity index (χ2v) is 4.79. The summed E-state index contributed by atoms with van der Waals surface area (Å²) in [5, 5.41) is 3.60. The predicted octanol–water partition coefficient (Wildman–Crippen LogP) is 1.92. The van der Waals surface area contributed by atoms with Crippen molar-refractivity contribution in [2.75, 3.05) is 5.73 Å². The van der Waals surface area contributed by atoms with Crippen molar-refractivity contribution in [2.24, 2.45) is 0 Å². The number of nitrogens with zero attached hydrogens (tertiary/aromatic N) is 2. The molecule has 0 amide bonds. The zero-order valence-corrected chi connectivity index (χ0v) is 11.7. The number of carbonyl (C=O) groups excluding carboxylic acids is 1. The Labute approximate surface area is 117 Å². The second-order valence-electron chi connectivity index (χ2n) is 3.54. The normalized spacial score (nSPS) is 10.3. The van der Waals surface area contributed by atoms with Crippen molar-refractivity contribution in [3.05, 3.63) is 39.0 Å². The molecular weight excluding hydrogens is 349 g/mol. The van der Waals surface area contributed by atoms with Gasteiger partial charge in [-0.1, -0.05) is 5.16 Å². The molecule has 94 valence electrons. The molecule has 7 heteroatoms. The highest BCUT2D eigenvalue weighted by Crippen LogP contribution is 2.17. The fourth-order valence-electron chi connectivity index (χ4n) is 1.31. The van der Waals surface area contributed by atoms with Crippen LogP contribution < -0.4 is 5.73 Å². The molecule has 0 aliphatic heterocycles. The molecule has 0 unspecified atom stereocenters. The first-order chi connectivity index (χ1) is 8.56. The Bertz CT molecular complexity index is 583. The van der Waals surface area contributed by atoms with E-state index >= 15 is 0 Å². The van der Waals surface area contributed by atoms with E-state index in [1.807, 2.05) is 6.07 Å². The van der Waals surface area contributed by atoms with Gasteiger partial charge in [-0.25, -0.2) is 4.79 Å². The van der Waals surface area contributed by atoms with E-state index in [0.29, 0.717) is 17.1 Å². The number of esters is 1. The summed E-state index contributed by atoms with van der Waals surface area (Å²) in [5.74, 6) is 0.238. The molecule has 1 aromatic carbocycles. The molecular formula is C11H10IN3O3. The van der Waals surface area contributed by atoms with Crippen molar-refractivity contribution in [3.8, 4) is 0 Å². The molecule has 0 atom stereocenters. The van der Waals surface area contributed by atoms with Crippen molar-refractivity contribution in [1.29, 1.82) is 0 Å². The average Bonchev–Trinajstić information content (AvgIpc) is 2.75. The second kappa shape index (κ2) is 5.34. The van der Waals surface area contributed by atoms with Crippen molar-refractivity contribution in [1.82, 2.24) is 10.1 Å². The van der Waals surface area contributed by atoms with Crippen LogP contribution in [0, 0.1) is 10.5 Å². The summed E-state index contributed by atoms with van der Waals surface area (Å²) >= 11 is 2.09. The van der Waals surface area contributed by atoms with Gasteiger partial charge in [0.25, 0.3) is 5.89 Å². The highest BCUT2D eigenvalue weighted by molar-refractivity contribution is 14.1. The van der Waals surface area contributed by atoms with E-state index in [-0.39, 0.29) is 12.5 Å². The van der Waals surface area contributed by atoms with Crippen LogP contribution in [0.25, 0.3) is 0 Å². The lowest BCUT2D eigenvalue weighted by Crippen LogP contribution is -2.08. The Balaban J connectivity index is 2.05. The van der Waals surface area contributed by atoms with Crippen LogP contribution in [-0.4, -0.2) is 16.1 Å². The van der Waals surface area contributed by atoms with Gasteiger partial charge in [0, 0.05) is 9.26 Å². The van der Waals surface area contributed by atoms with Gasteiger partial charge in [-0.2, -0.15) is 4.98 Å². The van der Waals surface area contributed by atoms with E-state index in [9.17, 15) is 4.79 Å². The number of halogens is 1. The largest absolute Gasteiger partial charge is 0.452 e. The van der Waals surface area contributed by atoms with Crippen LogP contribution in [0.4, 0.5) is 5.69 Å². The molecule has 0 spiro atoms. The van der Waals surface area contributed by atoms with E-state index in [4.69, 9.17) is 15.0 Å². The van der Waals surface area contributed by atoms with Gasteiger partial charge in [-0.3, -0.25) is 0 Å². The van der Waals surface area contributed by atoms with Gasteiger partial charge in [0.05, 0.1) is 5.56 Å². The molecule has 0 saturated heterocycles. The first kappa shape index (κ1) is 12.8. The molecule has 6 nitrogen and oxygen atoms in total. The number of nitrogens with two attached hydrogens (primary N) is 1. The van der Waals surface area contributed by atoms with E-state index in [0.717, 1.165) is 3.57 Å². The summed E-state index contributed by atoms with van der Waals surface area (Å²) in [5.41, 5.74) is 6.42. The monoisotopic (exact) mass is 359 g/mol. The summed E-state index contributed by atoms with van der Waals surface area (Å²) in [6.45, 7) is 1.62. The number of carbonyl (C=O) groups is 1. The Morgan fingerprint density at radius 2 is 2.33 bits per heavy atom. The average molecular weight is 359 g/mol. The molecule has 18 heavy (non-hydrogen) atoms. The minimum atomic E-state index is -0.512. The van der Waals surface area contributed by atoms with Crippen molar-refractivity contribution in [3.63, 3.8) is 0 Å². The number of rotatable bonds is 3. The van der Waals surface area contributed by atoms with Crippen LogP contribution in [0.5, 0.6) is 0 Å². The van der Waals surface area contributed by atoms with Gasteiger partial charge in [0.2, 0.25) is 0 Å². The lowest BCUT2D eigenvalue weighted by Gasteiger charge is -2.05. The van der Waals surface area contributed by atoms with Gasteiger partial charge in [0.15, 0.2) is 12.4 Å². The summed E-state index contributed by atoms with van der Waals surface area (Å²) in [7, 11) is 0. The Hall–Kier alpha value is -1.64. The zero-order chi connectivity index (χ0) is 13.1. The number of nitrogen functional groups attached to an aromatic ring is 1. The minimum Gasteiger partial charge on any atom is -0.452 e. The molecule has 2 aromatic rings. The minimum absolute atomic E-state index is 0.0649. The predicted molar refractivity (Wildman–Crippen MR) is 71.7 cm³/mol. The Kier molecular flexibility index (Phi) is 3.80. The number of hydrogen-bond donors (Lipinski definition) is 1. The van der Waals surface area contributed by atoms with E-state index in [1.165, 1.54) is 0 Å². The Morgan fingerprint density at radius 1 is 1.56 bits per heavy atom. The number of benzene rings is 1. The first-order valence-corrected chi connectivity index (χ1v) is 6.15. The standard InChI is InChI=1S/C11H10IN3O3/c1-6-14-10(18-15-6)5-17-11(16)8-4-7(12)2-3-9(8)13/h2-4H,5,13H2,1H3. The fraction of sp³-hybridized carbons (Fsp3) is 0.182. The zero-order valence-electron chi connectivity index (χ0n) is 9.51. The van der Waals surface area contributed by atoms with Gasteiger partial charge >= 0.3 is 5.97 Å². The lowest BCUT2D eigenvalue weighted by molar-refractivity contribution is 0.0431. The third-order valence-electron chi connectivity index (χ3n) is 2.13. The topological polar surface area (TPSA) is 91.2 Å². The number of hydrogen-bond acceptors (Lipinski definition) is 6. The highest BCUT2D eigenvalue weighted by Gasteiger charge is 2.13. The summed E-state index contributed by atoms with van der Waals surface area (Å²) in [6.07, 6.45) is 0. The molecule has 0 aliphatic carbocycles.